The Hall–Kier alpha value is -1.19. The van der Waals surface area contributed by atoms with E-state index >= 15 is 0 Å². The number of ether oxygens (including phenoxy) is 1. The van der Waals surface area contributed by atoms with Gasteiger partial charge < -0.3 is 4.74 Å². The molecule has 2 aromatic rings. The summed E-state index contributed by atoms with van der Waals surface area (Å²) in [4.78, 5) is 4.25. The first-order chi connectivity index (χ1) is 8.29. The third kappa shape index (κ3) is 3.38. The Kier molecular flexibility index (Phi) is 4.29. The quantitative estimate of drug-likeness (QED) is 0.779. The van der Waals surface area contributed by atoms with Gasteiger partial charge in [0, 0.05) is 11.8 Å². The Morgan fingerprint density at radius 3 is 2.76 bits per heavy atom. The molecule has 0 radical (unpaired) electrons. The molecule has 17 heavy (non-hydrogen) atoms. The molecule has 0 saturated heterocycles. The van der Waals surface area contributed by atoms with Crippen LogP contribution in [0, 0.1) is 0 Å². The smallest absolute Gasteiger partial charge is 0.141 e. The lowest BCUT2D eigenvalue weighted by Gasteiger charge is -2.05. The number of thioether (sulfide) groups is 1. The highest BCUT2D eigenvalue weighted by Gasteiger charge is 2.04. The fourth-order valence-electron chi connectivity index (χ4n) is 1.37. The summed E-state index contributed by atoms with van der Waals surface area (Å²) in [6.07, 6.45) is 1.62. The number of aromatic nitrogens is 1. The van der Waals surface area contributed by atoms with Crippen molar-refractivity contribution in [3.63, 3.8) is 0 Å². The fourth-order valence-corrected chi connectivity index (χ4v) is 2.37. The van der Waals surface area contributed by atoms with Crippen molar-refractivity contribution in [3.05, 3.63) is 53.2 Å². The van der Waals surface area contributed by atoms with Gasteiger partial charge in [0.1, 0.15) is 15.8 Å². The summed E-state index contributed by atoms with van der Waals surface area (Å²) in [5, 5.41) is 1.45. The molecular weight excluding hydrogens is 254 g/mol. The molecule has 0 aliphatic heterocycles. The van der Waals surface area contributed by atoms with Gasteiger partial charge in [-0.15, -0.1) is 11.8 Å². The van der Waals surface area contributed by atoms with Crippen molar-refractivity contribution in [1.82, 2.24) is 4.98 Å². The molecule has 0 fully saturated rings. The molecule has 1 aromatic heterocycles. The van der Waals surface area contributed by atoms with Crippen LogP contribution in [0.25, 0.3) is 0 Å². The van der Waals surface area contributed by atoms with Gasteiger partial charge in [0.05, 0.1) is 13.3 Å². The van der Waals surface area contributed by atoms with Crippen LogP contribution >= 0.6 is 23.4 Å². The molecule has 0 aliphatic rings. The largest absolute Gasteiger partial charge is 0.495 e. The van der Waals surface area contributed by atoms with Crippen LogP contribution in [0.3, 0.4) is 0 Å². The summed E-state index contributed by atoms with van der Waals surface area (Å²) < 4.78 is 5.15. The van der Waals surface area contributed by atoms with Crippen LogP contribution in [0.5, 0.6) is 5.75 Å². The average molecular weight is 266 g/mol. The Morgan fingerprint density at radius 2 is 2.06 bits per heavy atom. The van der Waals surface area contributed by atoms with Crippen molar-refractivity contribution in [2.75, 3.05) is 7.11 Å². The van der Waals surface area contributed by atoms with Crippen LogP contribution in [0.1, 0.15) is 5.56 Å². The third-order valence-corrected chi connectivity index (χ3v) is 3.53. The standard InChI is InChI=1S/C13H12ClNOS/c1-16-12-7-13(15-8-11(12)14)17-9-10-5-3-2-4-6-10/h2-8H,9H2,1H3. The van der Waals surface area contributed by atoms with E-state index in [0.717, 1.165) is 10.8 Å². The predicted molar refractivity (Wildman–Crippen MR) is 71.8 cm³/mol. The molecule has 4 heteroatoms. The molecule has 1 aromatic carbocycles. The monoisotopic (exact) mass is 265 g/mol. The highest BCUT2D eigenvalue weighted by atomic mass is 35.5. The lowest BCUT2D eigenvalue weighted by Crippen LogP contribution is -1.88. The SMILES string of the molecule is COc1cc(SCc2ccccc2)ncc1Cl. The molecule has 0 spiro atoms. The zero-order valence-electron chi connectivity index (χ0n) is 9.39. The van der Waals surface area contributed by atoms with Crippen LogP contribution < -0.4 is 4.74 Å². The Morgan fingerprint density at radius 1 is 1.29 bits per heavy atom. The van der Waals surface area contributed by atoms with E-state index in [-0.39, 0.29) is 0 Å². The van der Waals surface area contributed by atoms with Gasteiger partial charge in [-0.1, -0.05) is 41.9 Å². The molecule has 1 heterocycles. The van der Waals surface area contributed by atoms with Crippen LogP contribution in [0.2, 0.25) is 5.02 Å². The maximum atomic E-state index is 5.92. The normalized spacial score (nSPS) is 10.2. The summed E-state index contributed by atoms with van der Waals surface area (Å²) in [5.74, 6) is 1.55. The molecular formula is C13H12ClNOS. The van der Waals surface area contributed by atoms with E-state index < -0.39 is 0 Å². The number of benzene rings is 1. The summed E-state index contributed by atoms with van der Waals surface area (Å²) >= 11 is 7.58. The molecule has 0 aliphatic carbocycles. The number of hydrogen-bond acceptors (Lipinski definition) is 3. The Labute approximate surface area is 110 Å². The summed E-state index contributed by atoms with van der Waals surface area (Å²) in [5.41, 5.74) is 1.27. The Balaban J connectivity index is 2.04. The van der Waals surface area contributed by atoms with Crippen LogP contribution in [0.4, 0.5) is 0 Å². The van der Waals surface area contributed by atoms with Crippen LogP contribution in [-0.2, 0) is 5.75 Å². The number of halogens is 1. The highest BCUT2D eigenvalue weighted by Crippen LogP contribution is 2.29. The second kappa shape index (κ2) is 5.94. The molecule has 0 saturated carbocycles. The zero-order chi connectivity index (χ0) is 12.1. The lowest BCUT2D eigenvalue weighted by molar-refractivity contribution is 0.413. The topological polar surface area (TPSA) is 22.1 Å². The Bertz CT molecular complexity index is 490. The zero-order valence-corrected chi connectivity index (χ0v) is 11.0. The highest BCUT2D eigenvalue weighted by molar-refractivity contribution is 7.98. The molecule has 0 bridgehead atoms. The first-order valence-corrected chi connectivity index (χ1v) is 6.52. The average Bonchev–Trinajstić information content (AvgIpc) is 2.39. The predicted octanol–water partition coefficient (Wildman–Crippen LogP) is 4.04. The van der Waals surface area contributed by atoms with Gasteiger partial charge in [0.15, 0.2) is 0 Å². The molecule has 0 N–H and O–H groups in total. The van der Waals surface area contributed by atoms with Crippen molar-refractivity contribution in [2.24, 2.45) is 0 Å². The number of hydrogen-bond donors (Lipinski definition) is 0. The first-order valence-electron chi connectivity index (χ1n) is 5.16. The minimum atomic E-state index is 0.538. The molecule has 0 amide bonds. The molecule has 2 nitrogen and oxygen atoms in total. The van der Waals surface area contributed by atoms with Crippen molar-refractivity contribution in [2.45, 2.75) is 10.8 Å². The molecule has 2 rings (SSSR count). The van der Waals surface area contributed by atoms with Crippen molar-refractivity contribution in [1.29, 1.82) is 0 Å². The van der Waals surface area contributed by atoms with Gasteiger partial charge in [-0.3, -0.25) is 0 Å². The molecule has 0 atom stereocenters. The van der Waals surface area contributed by atoms with E-state index in [1.807, 2.05) is 24.3 Å². The van der Waals surface area contributed by atoms with Crippen molar-refractivity contribution in [3.8, 4) is 5.75 Å². The van der Waals surface area contributed by atoms with E-state index in [2.05, 4.69) is 17.1 Å². The van der Waals surface area contributed by atoms with Gasteiger partial charge in [0.2, 0.25) is 0 Å². The van der Waals surface area contributed by atoms with Gasteiger partial charge in [0.25, 0.3) is 0 Å². The number of nitrogens with zero attached hydrogens (tertiary/aromatic N) is 1. The number of pyridine rings is 1. The van der Waals surface area contributed by atoms with E-state index in [1.54, 1.807) is 25.1 Å². The summed E-state index contributed by atoms with van der Waals surface area (Å²) in [6.45, 7) is 0. The molecule has 0 unspecified atom stereocenters. The van der Waals surface area contributed by atoms with Gasteiger partial charge in [-0.25, -0.2) is 4.98 Å². The summed E-state index contributed by atoms with van der Waals surface area (Å²) in [7, 11) is 1.60. The second-order valence-electron chi connectivity index (χ2n) is 3.43. The molecule has 88 valence electrons. The maximum absolute atomic E-state index is 5.92. The maximum Gasteiger partial charge on any atom is 0.141 e. The van der Waals surface area contributed by atoms with Crippen molar-refractivity contribution >= 4 is 23.4 Å². The van der Waals surface area contributed by atoms with Gasteiger partial charge >= 0.3 is 0 Å². The van der Waals surface area contributed by atoms with E-state index in [9.17, 15) is 0 Å². The summed E-state index contributed by atoms with van der Waals surface area (Å²) in [6, 6.07) is 12.1. The van der Waals surface area contributed by atoms with Crippen LogP contribution in [0.15, 0.2) is 47.6 Å². The minimum Gasteiger partial charge on any atom is -0.495 e. The van der Waals surface area contributed by atoms with Crippen molar-refractivity contribution < 1.29 is 4.74 Å². The van der Waals surface area contributed by atoms with E-state index in [1.165, 1.54) is 5.56 Å². The van der Waals surface area contributed by atoms with Gasteiger partial charge in [-0.2, -0.15) is 0 Å². The second-order valence-corrected chi connectivity index (χ2v) is 4.83. The van der Waals surface area contributed by atoms with Gasteiger partial charge in [-0.05, 0) is 5.56 Å². The first kappa shape index (κ1) is 12.3. The van der Waals surface area contributed by atoms with E-state index in [4.69, 9.17) is 16.3 Å². The van der Waals surface area contributed by atoms with E-state index in [0.29, 0.717) is 10.8 Å². The fraction of sp³-hybridized carbons (Fsp3) is 0.154. The third-order valence-electron chi connectivity index (χ3n) is 2.24. The minimum absolute atomic E-state index is 0.538. The number of methoxy groups -OCH3 is 1. The lowest BCUT2D eigenvalue weighted by atomic mass is 10.2. The number of rotatable bonds is 4. The van der Waals surface area contributed by atoms with Crippen LogP contribution in [-0.4, -0.2) is 12.1 Å².